The summed E-state index contributed by atoms with van der Waals surface area (Å²) < 4.78 is 11.0. The first-order valence-electron chi connectivity index (χ1n) is 6.50. The zero-order chi connectivity index (χ0) is 13.5. The van der Waals surface area contributed by atoms with Crippen LogP contribution in [0.25, 0.3) is 0 Å². The van der Waals surface area contributed by atoms with E-state index < -0.39 is 0 Å². The fraction of sp³-hybridized carbons (Fsp3) is 0.294. The van der Waals surface area contributed by atoms with Gasteiger partial charge in [-0.2, -0.15) is 0 Å². The maximum Gasteiger partial charge on any atom is 0.147 e. The first-order valence-corrected chi connectivity index (χ1v) is 6.50. The topological polar surface area (TPSA) is 18.5 Å². The largest absolute Gasteiger partial charge is 0.351 e. The minimum Gasteiger partial charge on any atom is -0.351 e. The van der Waals surface area contributed by atoms with Crippen molar-refractivity contribution in [2.45, 2.75) is 27.1 Å². The third-order valence-electron chi connectivity index (χ3n) is 2.95. The van der Waals surface area contributed by atoms with Gasteiger partial charge in [0.2, 0.25) is 0 Å². The molecule has 0 heterocycles. The second kappa shape index (κ2) is 7.07. The third kappa shape index (κ3) is 4.86. The molecule has 0 bridgehead atoms. The molecule has 2 heteroatoms. The lowest BCUT2D eigenvalue weighted by Gasteiger charge is -2.06. The first kappa shape index (κ1) is 13.8. The average molecular weight is 256 g/mol. The molecular formula is C17H20O2. The fourth-order valence-electron chi connectivity index (χ4n) is 1.75. The Hall–Kier alpha value is -1.64. The van der Waals surface area contributed by atoms with E-state index in [4.69, 9.17) is 9.47 Å². The number of aryl methyl sites for hydroxylation is 2. The van der Waals surface area contributed by atoms with Crippen molar-refractivity contribution in [2.75, 3.05) is 6.79 Å². The molecule has 0 atom stereocenters. The lowest BCUT2D eigenvalue weighted by atomic mass is 10.2. The third-order valence-corrected chi connectivity index (χ3v) is 2.95. The molecule has 0 radical (unpaired) electrons. The molecule has 0 unspecified atom stereocenters. The molecule has 19 heavy (non-hydrogen) atoms. The number of hydrogen-bond donors (Lipinski definition) is 0. The molecule has 100 valence electrons. The summed E-state index contributed by atoms with van der Waals surface area (Å²) >= 11 is 0. The molecule has 0 fully saturated rings. The van der Waals surface area contributed by atoms with Crippen molar-refractivity contribution in [1.82, 2.24) is 0 Å². The SMILES string of the molecule is Cc1ccc(COCOCc2ccc(C)cc2)cc1. The van der Waals surface area contributed by atoms with E-state index in [0.29, 0.717) is 20.0 Å². The van der Waals surface area contributed by atoms with Crippen molar-refractivity contribution in [3.63, 3.8) is 0 Å². The van der Waals surface area contributed by atoms with Gasteiger partial charge in [0, 0.05) is 0 Å². The summed E-state index contributed by atoms with van der Waals surface area (Å²) in [4.78, 5) is 0. The summed E-state index contributed by atoms with van der Waals surface area (Å²) in [5, 5.41) is 0. The van der Waals surface area contributed by atoms with E-state index in [1.807, 2.05) is 0 Å². The quantitative estimate of drug-likeness (QED) is 0.574. The van der Waals surface area contributed by atoms with Gasteiger partial charge >= 0.3 is 0 Å². The molecule has 2 aromatic carbocycles. The highest BCUT2D eigenvalue weighted by molar-refractivity contribution is 5.21. The van der Waals surface area contributed by atoms with E-state index in [9.17, 15) is 0 Å². The Morgan fingerprint density at radius 3 is 1.37 bits per heavy atom. The average Bonchev–Trinajstić information content (AvgIpc) is 2.43. The van der Waals surface area contributed by atoms with Crippen LogP contribution in [0.15, 0.2) is 48.5 Å². The van der Waals surface area contributed by atoms with Crippen molar-refractivity contribution in [3.8, 4) is 0 Å². The summed E-state index contributed by atoms with van der Waals surface area (Å²) in [5.41, 5.74) is 4.87. The molecule has 0 aromatic heterocycles. The smallest absolute Gasteiger partial charge is 0.147 e. The van der Waals surface area contributed by atoms with Gasteiger partial charge in [0.05, 0.1) is 13.2 Å². The van der Waals surface area contributed by atoms with E-state index in [1.54, 1.807) is 0 Å². The standard InChI is InChI=1S/C17H20O2/c1-14-3-7-16(8-4-14)11-18-13-19-12-17-9-5-15(2)6-10-17/h3-10H,11-13H2,1-2H3. The van der Waals surface area contributed by atoms with Gasteiger partial charge in [-0.25, -0.2) is 0 Å². The minimum atomic E-state index is 0.321. The number of hydrogen-bond acceptors (Lipinski definition) is 2. The van der Waals surface area contributed by atoms with Gasteiger partial charge in [-0.3, -0.25) is 0 Å². The van der Waals surface area contributed by atoms with E-state index in [1.165, 1.54) is 22.3 Å². The van der Waals surface area contributed by atoms with Gasteiger partial charge in [0.15, 0.2) is 0 Å². The molecule has 0 aliphatic rings. The van der Waals surface area contributed by atoms with Gasteiger partial charge in [-0.1, -0.05) is 59.7 Å². The molecule has 0 saturated carbocycles. The predicted octanol–water partition coefficient (Wildman–Crippen LogP) is 3.99. The van der Waals surface area contributed by atoms with Gasteiger partial charge in [-0.05, 0) is 25.0 Å². The highest BCUT2D eigenvalue weighted by atomic mass is 16.7. The van der Waals surface area contributed by atoms with Crippen molar-refractivity contribution in [2.24, 2.45) is 0 Å². The van der Waals surface area contributed by atoms with Crippen LogP contribution in [0.1, 0.15) is 22.3 Å². The second-order valence-corrected chi connectivity index (χ2v) is 4.79. The number of benzene rings is 2. The van der Waals surface area contributed by atoms with E-state index in [-0.39, 0.29) is 0 Å². The van der Waals surface area contributed by atoms with Crippen LogP contribution in [0.4, 0.5) is 0 Å². The monoisotopic (exact) mass is 256 g/mol. The molecular weight excluding hydrogens is 236 g/mol. The van der Waals surface area contributed by atoms with Gasteiger partial charge in [0.1, 0.15) is 6.79 Å². The van der Waals surface area contributed by atoms with Crippen LogP contribution in [0.3, 0.4) is 0 Å². The molecule has 2 rings (SSSR count). The molecule has 0 saturated heterocycles. The van der Waals surface area contributed by atoms with Crippen LogP contribution in [0, 0.1) is 13.8 Å². The van der Waals surface area contributed by atoms with Gasteiger partial charge in [-0.15, -0.1) is 0 Å². The Morgan fingerprint density at radius 2 is 1.00 bits per heavy atom. The van der Waals surface area contributed by atoms with Crippen LogP contribution in [0.2, 0.25) is 0 Å². The molecule has 0 aliphatic heterocycles. The predicted molar refractivity (Wildman–Crippen MR) is 76.8 cm³/mol. The van der Waals surface area contributed by atoms with E-state index in [0.717, 1.165) is 0 Å². The molecule has 2 nitrogen and oxygen atoms in total. The zero-order valence-corrected chi connectivity index (χ0v) is 11.6. The Kier molecular flexibility index (Phi) is 5.13. The minimum absolute atomic E-state index is 0.321. The normalized spacial score (nSPS) is 10.6. The Balaban J connectivity index is 1.64. The highest BCUT2D eigenvalue weighted by Crippen LogP contribution is 2.06. The Morgan fingerprint density at radius 1 is 0.632 bits per heavy atom. The maximum absolute atomic E-state index is 5.48. The summed E-state index contributed by atoms with van der Waals surface area (Å²) in [6.07, 6.45) is 0. The van der Waals surface area contributed by atoms with Crippen LogP contribution >= 0.6 is 0 Å². The summed E-state index contributed by atoms with van der Waals surface area (Å²) in [6, 6.07) is 16.7. The second-order valence-electron chi connectivity index (χ2n) is 4.79. The van der Waals surface area contributed by atoms with Gasteiger partial charge in [0.25, 0.3) is 0 Å². The van der Waals surface area contributed by atoms with Crippen LogP contribution in [0.5, 0.6) is 0 Å². The highest BCUT2D eigenvalue weighted by Gasteiger charge is 1.95. The summed E-state index contributed by atoms with van der Waals surface area (Å²) in [7, 11) is 0. The van der Waals surface area contributed by atoms with Crippen molar-refractivity contribution < 1.29 is 9.47 Å². The molecule has 0 aliphatic carbocycles. The van der Waals surface area contributed by atoms with Crippen LogP contribution < -0.4 is 0 Å². The molecule has 0 N–H and O–H groups in total. The van der Waals surface area contributed by atoms with Crippen molar-refractivity contribution in [1.29, 1.82) is 0 Å². The lowest BCUT2D eigenvalue weighted by molar-refractivity contribution is -0.0689. The molecule has 0 amide bonds. The number of ether oxygens (including phenoxy) is 2. The molecule has 0 spiro atoms. The summed E-state index contributed by atoms with van der Waals surface area (Å²) in [5.74, 6) is 0. The van der Waals surface area contributed by atoms with E-state index in [2.05, 4.69) is 62.4 Å². The fourth-order valence-corrected chi connectivity index (χ4v) is 1.75. The lowest BCUT2D eigenvalue weighted by Crippen LogP contribution is -2.00. The van der Waals surface area contributed by atoms with Crippen LogP contribution in [-0.4, -0.2) is 6.79 Å². The molecule has 2 aromatic rings. The van der Waals surface area contributed by atoms with Crippen molar-refractivity contribution in [3.05, 3.63) is 70.8 Å². The van der Waals surface area contributed by atoms with Crippen molar-refractivity contribution >= 4 is 0 Å². The maximum atomic E-state index is 5.48. The van der Waals surface area contributed by atoms with E-state index >= 15 is 0 Å². The van der Waals surface area contributed by atoms with Gasteiger partial charge < -0.3 is 9.47 Å². The Labute approximate surface area is 115 Å². The summed E-state index contributed by atoms with van der Waals surface area (Å²) in [6.45, 7) is 5.66. The first-order chi connectivity index (χ1) is 9.24. The Bertz CT molecular complexity index is 438. The number of rotatable bonds is 6. The zero-order valence-electron chi connectivity index (χ0n) is 11.6. The van der Waals surface area contributed by atoms with Crippen LogP contribution in [-0.2, 0) is 22.7 Å².